The average molecular weight is 453 g/mol. The maximum Gasteiger partial charge on any atom is 0.335 e. The number of hydrogen-bond donors (Lipinski definition) is 2. The van der Waals surface area contributed by atoms with Gasteiger partial charge in [0.05, 0.1) is 11.1 Å². The first kappa shape index (κ1) is 25.8. The van der Waals surface area contributed by atoms with Gasteiger partial charge in [-0.1, -0.05) is 97.1 Å². The molecule has 0 saturated carbocycles. The summed E-state index contributed by atoms with van der Waals surface area (Å²) in [4.78, 5) is 20.4. The van der Waals surface area contributed by atoms with Gasteiger partial charge in [-0.15, -0.1) is 0 Å². The summed E-state index contributed by atoms with van der Waals surface area (Å²) >= 11 is 0. The summed E-state index contributed by atoms with van der Waals surface area (Å²) in [6, 6.07) is 33.4. The molecule has 0 spiro atoms. The van der Waals surface area contributed by atoms with E-state index in [2.05, 4.69) is 68.5 Å². The number of aromatic carboxylic acids is 2. The third kappa shape index (κ3) is 8.97. The third-order valence-electron chi connectivity index (χ3n) is 4.83. The van der Waals surface area contributed by atoms with Crippen molar-refractivity contribution < 1.29 is 19.8 Å². The molecule has 0 aliphatic rings. The van der Waals surface area contributed by atoms with Crippen molar-refractivity contribution >= 4 is 24.1 Å². The topological polar surface area (TPSA) is 74.6 Å². The van der Waals surface area contributed by atoms with Crippen molar-refractivity contribution in [2.24, 2.45) is 0 Å². The smallest absolute Gasteiger partial charge is 0.335 e. The molecule has 4 nitrogen and oxygen atoms in total. The highest BCUT2D eigenvalue weighted by Crippen LogP contribution is 2.16. The fourth-order valence-electron chi connectivity index (χ4n) is 3.00. The summed E-state index contributed by atoms with van der Waals surface area (Å²) in [5.41, 5.74) is 5.88. The minimum absolute atomic E-state index is 0.331. The Morgan fingerprint density at radius 2 is 0.912 bits per heavy atom. The van der Waals surface area contributed by atoms with E-state index in [-0.39, 0.29) is 0 Å². The van der Waals surface area contributed by atoms with Gasteiger partial charge in [-0.3, -0.25) is 0 Å². The van der Waals surface area contributed by atoms with Gasteiger partial charge in [0.1, 0.15) is 0 Å². The molecule has 0 fully saturated rings. The number of carbonyl (C=O) groups is 2. The monoisotopic (exact) mass is 452 g/mol. The molecule has 4 rings (SSSR count). The fraction of sp³-hybridized carbons (Fsp3) is 0.0667. The van der Waals surface area contributed by atoms with E-state index in [0.29, 0.717) is 11.1 Å². The van der Waals surface area contributed by atoms with Crippen LogP contribution in [0.5, 0.6) is 0 Å². The second-order valence-corrected chi connectivity index (χ2v) is 7.39. The molecule has 4 aromatic rings. The van der Waals surface area contributed by atoms with Crippen molar-refractivity contribution in [3.05, 3.63) is 143 Å². The molecular weight excluding hydrogens is 424 g/mol. The van der Waals surface area contributed by atoms with E-state index in [1.807, 2.05) is 6.07 Å². The lowest BCUT2D eigenvalue weighted by atomic mass is 10.0. The van der Waals surface area contributed by atoms with Crippen LogP contribution in [0.3, 0.4) is 0 Å². The van der Waals surface area contributed by atoms with Gasteiger partial charge >= 0.3 is 11.9 Å². The molecule has 4 aromatic carbocycles. The lowest BCUT2D eigenvalue weighted by Crippen LogP contribution is -1.93. The minimum Gasteiger partial charge on any atom is -0.478 e. The van der Waals surface area contributed by atoms with Crippen molar-refractivity contribution in [1.82, 2.24) is 0 Å². The third-order valence-corrected chi connectivity index (χ3v) is 4.83. The van der Waals surface area contributed by atoms with Gasteiger partial charge in [-0.2, -0.15) is 0 Å². The zero-order valence-electron chi connectivity index (χ0n) is 19.3. The molecule has 2 N–H and O–H groups in total. The van der Waals surface area contributed by atoms with Gasteiger partial charge < -0.3 is 10.2 Å². The van der Waals surface area contributed by atoms with Crippen LogP contribution in [0.25, 0.3) is 12.2 Å². The molecule has 172 valence electrons. The molecule has 0 radical (unpaired) electrons. The maximum absolute atomic E-state index is 10.2. The van der Waals surface area contributed by atoms with E-state index in [0.717, 1.165) is 0 Å². The Kier molecular flexibility index (Phi) is 10.5. The molecule has 0 aromatic heterocycles. The van der Waals surface area contributed by atoms with Crippen LogP contribution in [0.15, 0.2) is 109 Å². The molecule has 0 atom stereocenters. The lowest BCUT2D eigenvalue weighted by Gasteiger charge is -2.04. The van der Waals surface area contributed by atoms with Crippen molar-refractivity contribution in [1.29, 1.82) is 0 Å². The van der Waals surface area contributed by atoms with Crippen LogP contribution in [0, 0.1) is 13.8 Å². The Labute approximate surface area is 200 Å². The Bertz CT molecular complexity index is 1130. The molecule has 0 bridgehead atoms. The number of rotatable bonds is 4. The number of benzene rings is 4. The van der Waals surface area contributed by atoms with Crippen molar-refractivity contribution in [3.8, 4) is 0 Å². The Balaban J connectivity index is 0.000000194. The predicted molar refractivity (Wildman–Crippen MR) is 138 cm³/mol. The quantitative estimate of drug-likeness (QED) is 0.320. The van der Waals surface area contributed by atoms with Crippen LogP contribution in [0.4, 0.5) is 0 Å². The highest BCUT2D eigenvalue weighted by atomic mass is 16.4. The van der Waals surface area contributed by atoms with Crippen LogP contribution in [-0.4, -0.2) is 22.2 Å². The van der Waals surface area contributed by atoms with Gasteiger partial charge in [-0.05, 0) is 60.4 Å². The minimum atomic E-state index is -0.879. The Hall–Kier alpha value is -4.44. The molecule has 0 heterocycles. The molecule has 0 unspecified atom stereocenters. The highest BCUT2D eigenvalue weighted by molar-refractivity contribution is 5.87. The molecule has 0 aliphatic heterocycles. The van der Waals surface area contributed by atoms with Crippen LogP contribution in [-0.2, 0) is 0 Å². The largest absolute Gasteiger partial charge is 0.478 e. The van der Waals surface area contributed by atoms with E-state index in [1.165, 1.54) is 22.3 Å². The Morgan fingerprint density at radius 3 is 1.26 bits per heavy atom. The van der Waals surface area contributed by atoms with Gasteiger partial charge in [0, 0.05) is 0 Å². The predicted octanol–water partition coefficient (Wildman–Crippen LogP) is 7.24. The number of carboxylic acids is 2. The number of hydrogen-bond acceptors (Lipinski definition) is 2. The maximum atomic E-state index is 10.2. The van der Waals surface area contributed by atoms with Crippen LogP contribution >= 0.6 is 0 Å². The summed E-state index contributed by atoms with van der Waals surface area (Å²) < 4.78 is 0. The lowest BCUT2D eigenvalue weighted by molar-refractivity contribution is 0.0686. The first-order chi connectivity index (χ1) is 16.4. The Morgan fingerprint density at radius 1 is 0.529 bits per heavy atom. The van der Waals surface area contributed by atoms with Gasteiger partial charge in [0.25, 0.3) is 0 Å². The number of carboxylic acid groups (broad SMARTS) is 2. The second kappa shape index (κ2) is 13.9. The standard InChI is InChI=1S/C16H16.2C7H6O2/c1-13-7-6-8-14(2)16(13)12-11-15-9-4-3-5-10-15;2*8-7(9)6-4-2-1-3-5-6/h3-12H,1-2H3;2*1-5H,(H,8,9). The van der Waals surface area contributed by atoms with Gasteiger partial charge in [0.15, 0.2) is 0 Å². The summed E-state index contributed by atoms with van der Waals surface area (Å²) in [6.45, 7) is 4.30. The van der Waals surface area contributed by atoms with Crippen molar-refractivity contribution in [3.63, 3.8) is 0 Å². The second-order valence-electron chi connectivity index (χ2n) is 7.39. The first-order valence-corrected chi connectivity index (χ1v) is 10.7. The van der Waals surface area contributed by atoms with E-state index in [9.17, 15) is 9.59 Å². The van der Waals surface area contributed by atoms with E-state index in [1.54, 1.807) is 60.7 Å². The van der Waals surface area contributed by atoms with Crippen molar-refractivity contribution in [2.75, 3.05) is 0 Å². The summed E-state index contributed by atoms with van der Waals surface area (Å²) in [6.07, 6.45) is 4.36. The fourth-order valence-corrected chi connectivity index (χ4v) is 3.00. The highest BCUT2D eigenvalue weighted by Gasteiger charge is 1.98. The summed E-state index contributed by atoms with van der Waals surface area (Å²) in [5, 5.41) is 16.8. The zero-order chi connectivity index (χ0) is 24.8. The molecular formula is C30H28O4. The zero-order valence-corrected chi connectivity index (χ0v) is 19.3. The van der Waals surface area contributed by atoms with Gasteiger partial charge in [0.2, 0.25) is 0 Å². The number of aryl methyl sites for hydroxylation is 2. The van der Waals surface area contributed by atoms with E-state index < -0.39 is 11.9 Å². The summed E-state index contributed by atoms with van der Waals surface area (Å²) in [5.74, 6) is -1.76. The van der Waals surface area contributed by atoms with Crippen LogP contribution < -0.4 is 0 Å². The average Bonchev–Trinajstić information content (AvgIpc) is 2.86. The first-order valence-electron chi connectivity index (χ1n) is 10.7. The normalized spacial score (nSPS) is 9.82. The molecule has 34 heavy (non-hydrogen) atoms. The van der Waals surface area contributed by atoms with Gasteiger partial charge in [-0.25, -0.2) is 9.59 Å². The van der Waals surface area contributed by atoms with Crippen LogP contribution in [0.2, 0.25) is 0 Å². The SMILES string of the molecule is Cc1cccc(C)c1C=Cc1ccccc1.O=C(O)c1ccccc1.O=C(O)c1ccccc1. The molecule has 0 aliphatic carbocycles. The van der Waals surface area contributed by atoms with E-state index >= 15 is 0 Å². The van der Waals surface area contributed by atoms with Crippen molar-refractivity contribution in [2.45, 2.75) is 13.8 Å². The molecule has 0 amide bonds. The van der Waals surface area contributed by atoms with Crippen LogP contribution in [0.1, 0.15) is 43.0 Å². The molecule has 4 heteroatoms. The van der Waals surface area contributed by atoms with E-state index in [4.69, 9.17) is 10.2 Å². The molecule has 0 saturated heterocycles. The summed E-state index contributed by atoms with van der Waals surface area (Å²) in [7, 11) is 0.